The molecule has 40 heavy (non-hydrogen) atoms. The zero-order chi connectivity index (χ0) is 27.7. The molecule has 1 N–H and O–H groups in total. The molecule has 1 unspecified atom stereocenters. The molecule has 1 aromatic heterocycles. The summed E-state index contributed by atoms with van der Waals surface area (Å²) in [6.45, 7) is 4.84. The molecule has 3 aromatic rings. The van der Waals surface area contributed by atoms with Gasteiger partial charge in [0.1, 0.15) is 17.9 Å². The fourth-order valence-electron chi connectivity index (χ4n) is 5.35. The minimum absolute atomic E-state index is 0.0279. The third kappa shape index (κ3) is 7.08. The summed E-state index contributed by atoms with van der Waals surface area (Å²) in [7, 11) is 0. The monoisotopic (exact) mass is 560 g/mol. The van der Waals surface area contributed by atoms with Crippen molar-refractivity contribution in [2.75, 3.05) is 11.9 Å². The lowest BCUT2D eigenvalue weighted by Gasteiger charge is -2.30. The number of unbranched alkanes of at least 4 members (excludes halogenated alkanes) is 3. The number of hydrogen-bond acceptors (Lipinski definition) is 7. The second kappa shape index (κ2) is 13.9. The summed E-state index contributed by atoms with van der Waals surface area (Å²) in [4.78, 5) is 18.4. The van der Waals surface area contributed by atoms with Gasteiger partial charge in [-0.3, -0.25) is 0 Å². The Kier molecular flexibility index (Phi) is 9.81. The van der Waals surface area contributed by atoms with Crippen LogP contribution in [0.5, 0.6) is 5.75 Å². The molecular formula is C32H40N4O3S. The average Bonchev–Trinajstić information content (AvgIpc) is 3.39. The number of rotatable bonds is 12. The first kappa shape index (κ1) is 28.3. The van der Waals surface area contributed by atoms with Crippen molar-refractivity contribution < 1.29 is 14.3 Å². The number of ether oxygens (including phenoxy) is 2. The molecule has 0 amide bonds. The average molecular weight is 561 g/mol. The van der Waals surface area contributed by atoms with Crippen LogP contribution < -0.4 is 10.1 Å². The molecule has 8 heteroatoms. The number of carbonyl (C=O) groups is 1. The molecule has 0 radical (unpaired) electrons. The van der Waals surface area contributed by atoms with Crippen LogP contribution >= 0.6 is 11.8 Å². The van der Waals surface area contributed by atoms with Gasteiger partial charge in [0.05, 0.1) is 12.2 Å². The van der Waals surface area contributed by atoms with E-state index in [4.69, 9.17) is 19.6 Å². The highest BCUT2D eigenvalue weighted by molar-refractivity contribution is 7.98. The molecule has 7 nitrogen and oxygen atoms in total. The van der Waals surface area contributed by atoms with Gasteiger partial charge < -0.3 is 14.8 Å². The van der Waals surface area contributed by atoms with Crippen LogP contribution in [0.1, 0.15) is 88.8 Å². The van der Waals surface area contributed by atoms with Crippen LogP contribution in [-0.2, 0) is 15.3 Å². The Labute approximate surface area is 241 Å². The number of carbonyl (C=O) groups excluding carboxylic acids is 1. The first-order valence-corrected chi connectivity index (χ1v) is 15.7. The molecule has 1 saturated carbocycles. The van der Waals surface area contributed by atoms with Crippen LogP contribution in [0.3, 0.4) is 0 Å². The molecule has 1 aliphatic heterocycles. The lowest BCUT2D eigenvalue weighted by atomic mass is 9.95. The number of anilines is 1. The standard InChI is InChI=1S/C32H40N4O3S/c1-3-4-5-12-21-38-26-19-17-25(18-20-26)29-28(30(37)39-27-15-10-7-11-16-27)23(2)33-31-34-32(35-36(29)31)40-22-24-13-8-6-9-14-24/h6,8-9,13-14,17-20,27,29H,3-5,7,10-12,15-16,21-22H2,1-2H3,(H,33,34,35). The summed E-state index contributed by atoms with van der Waals surface area (Å²) in [6.07, 6.45) is 9.91. The van der Waals surface area contributed by atoms with E-state index in [-0.39, 0.29) is 12.1 Å². The SMILES string of the molecule is CCCCCCOc1ccc(C2C(C(=O)OC3CCCCC3)=C(C)Nc3nc(SCc4ccccc4)nn32)cc1. The Morgan fingerprint density at radius 2 is 1.80 bits per heavy atom. The van der Waals surface area contributed by atoms with Crippen molar-refractivity contribution in [3.8, 4) is 5.75 Å². The third-order valence-corrected chi connectivity index (χ3v) is 8.46. The van der Waals surface area contributed by atoms with Gasteiger partial charge in [0.25, 0.3) is 0 Å². The predicted molar refractivity (Wildman–Crippen MR) is 160 cm³/mol. The Morgan fingerprint density at radius 3 is 2.55 bits per heavy atom. The minimum Gasteiger partial charge on any atom is -0.494 e. The van der Waals surface area contributed by atoms with Gasteiger partial charge in [0.2, 0.25) is 11.1 Å². The van der Waals surface area contributed by atoms with Gasteiger partial charge in [-0.1, -0.05) is 86.8 Å². The van der Waals surface area contributed by atoms with Gasteiger partial charge in [0, 0.05) is 11.4 Å². The summed E-state index contributed by atoms with van der Waals surface area (Å²) < 4.78 is 13.9. The summed E-state index contributed by atoms with van der Waals surface area (Å²) in [5.41, 5.74) is 3.49. The molecule has 212 valence electrons. The van der Waals surface area contributed by atoms with E-state index in [0.29, 0.717) is 23.3 Å². The third-order valence-electron chi connectivity index (χ3n) is 7.55. The van der Waals surface area contributed by atoms with E-state index in [1.165, 1.54) is 31.2 Å². The maximum atomic E-state index is 13.7. The summed E-state index contributed by atoms with van der Waals surface area (Å²) >= 11 is 1.58. The van der Waals surface area contributed by atoms with Gasteiger partial charge in [-0.15, -0.1) is 5.10 Å². The van der Waals surface area contributed by atoms with Crippen molar-refractivity contribution in [2.24, 2.45) is 0 Å². The zero-order valence-corrected chi connectivity index (χ0v) is 24.4. The van der Waals surface area contributed by atoms with E-state index < -0.39 is 6.04 Å². The van der Waals surface area contributed by atoms with Crippen LogP contribution in [0.15, 0.2) is 71.0 Å². The van der Waals surface area contributed by atoms with Gasteiger partial charge in [-0.2, -0.15) is 4.98 Å². The number of thioether (sulfide) groups is 1. The van der Waals surface area contributed by atoms with Crippen LogP contribution in [0.2, 0.25) is 0 Å². The number of esters is 1. The van der Waals surface area contributed by atoms with E-state index in [9.17, 15) is 4.79 Å². The quantitative estimate of drug-likeness (QED) is 0.138. The maximum Gasteiger partial charge on any atom is 0.338 e. The zero-order valence-electron chi connectivity index (χ0n) is 23.6. The normalized spacial score (nSPS) is 17.3. The first-order chi connectivity index (χ1) is 19.6. The van der Waals surface area contributed by atoms with E-state index >= 15 is 0 Å². The summed E-state index contributed by atoms with van der Waals surface area (Å²) in [5.74, 6) is 1.95. The van der Waals surface area contributed by atoms with E-state index in [2.05, 4.69) is 24.4 Å². The second-order valence-corrected chi connectivity index (χ2v) is 11.6. The molecule has 2 aliphatic rings. The molecular weight excluding hydrogens is 520 g/mol. The topological polar surface area (TPSA) is 78.3 Å². The Bertz CT molecular complexity index is 1280. The van der Waals surface area contributed by atoms with Gasteiger partial charge >= 0.3 is 5.97 Å². The van der Waals surface area contributed by atoms with Crippen LogP contribution in [0, 0.1) is 0 Å². The molecule has 2 aromatic carbocycles. The molecule has 0 bridgehead atoms. The van der Waals surface area contributed by atoms with Crippen molar-refractivity contribution in [1.82, 2.24) is 14.8 Å². The smallest absolute Gasteiger partial charge is 0.338 e. The minimum atomic E-state index is -0.440. The molecule has 1 aliphatic carbocycles. The van der Waals surface area contributed by atoms with Crippen molar-refractivity contribution in [1.29, 1.82) is 0 Å². The number of nitrogens with one attached hydrogen (secondary N) is 1. The van der Waals surface area contributed by atoms with Gasteiger partial charge in [-0.25, -0.2) is 9.48 Å². The highest BCUT2D eigenvalue weighted by Gasteiger charge is 2.36. The Hall–Kier alpha value is -3.26. The van der Waals surface area contributed by atoms with E-state index in [1.807, 2.05) is 54.1 Å². The number of aromatic nitrogens is 3. The molecule has 1 fully saturated rings. The first-order valence-electron chi connectivity index (χ1n) is 14.7. The number of hydrogen-bond donors (Lipinski definition) is 1. The van der Waals surface area contributed by atoms with Gasteiger partial charge in [0.15, 0.2) is 0 Å². The van der Waals surface area contributed by atoms with Crippen LogP contribution in [0.25, 0.3) is 0 Å². The lowest BCUT2D eigenvalue weighted by Crippen LogP contribution is -2.32. The summed E-state index contributed by atoms with van der Waals surface area (Å²) in [6, 6.07) is 17.9. The van der Waals surface area contributed by atoms with Crippen LogP contribution in [-0.4, -0.2) is 33.4 Å². The molecule has 0 saturated heterocycles. The molecule has 0 spiro atoms. The number of nitrogens with zero attached hydrogens (tertiary/aromatic N) is 3. The van der Waals surface area contributed by atoms with Crippen molar-refractivity contribution in [3.63, 3.8) is 0 Å². The fraction of sp³-hybridized carbons (Fsp3) is 0.469. The number of fused-ring (bicyclic) bond motifs is 1. The van der Waals surface area contributed by atoms with Gasteiger partial charge in [-0.05, 0) is 62.3 Å². The fourth-order valence-corrected chi connectivity index (χ4v) is 6.14. The Morgan fingerprint density at radius 1 is 1.02 bits per heavy atom. The molecule has 1 atom stereocenters. The predicted octanol–water partition coefficient (Wildman–Crippen LogP) is 7.69. The van der Waals surface area contributed by atoms with Crippen LogP contribution in [0.4, 0.5) is 5.95 Å². The highest BCUT2D eigenvalue weighted by Crippen LogP contribution is 2.38. The van der Waals surface area contributed by atoms with Crippen molar-refractivity contribution in [3.05, 3.63) is 77.0 Å². The van der Waals surface area contributed by atoms with E-state index in [0.717, 1.165) is 54.9 Å². The maximum absolute atomic E-state index is 13.7. The Balaban J connectivity index is 1.38. The number of allylic oxidation sites excluding steroid dienone is 1. The van der Waals surface area contributed by atoms with Crippen molar-refractivity contribution >= 4 is 23.7 Å². The number of benzene rings is 2. The highest BCUT2D eigenvalue weighted by atomic mass is 32.2. The largest absolute Gasteiger partial charge is 0.494 e. The molecule has 5 rings (SSSR count). The second-order valence-electron chi connectivity index (χ2n) is 10.6. The molecule has 2 heterocycles. The summed E-state index contributed by atoms with van der Waals surface area (Å²) in [5, 5.41) is 8.87. The lowest BCUT2D eigenvalue weighted by molar-refractivity contribution is -0.146. The van der Waals surface area contributed by atoms with E-state index in [1.54, 1.807) is 11.8 Å². The van der Waals surface area contributed by atoms with Crippen molar-refractivity contribution in [2.45, 2.75) is 94.7 Å².